The van der Waals surface area contributed by atoms with Crippen LogP contribution in [-0.2, 0) is 0 Å². The predicted molar refractivity (Wildman–Crippen MR) is 87.9 cm³/mol. The van der Waals surface area contributed by atoms with E-state index in [1.54, 1.807) is 0 Å². The number of phenolic OH excluding ortho intramolecular Hbond substituents is 1. The molecule has 0 spiro atoms. The SMILES string of the molecule is O=C(c1cccc(O)c1)N1N=C(c2ccc(Cl)cc2)CC1(O)C(F)(F)F. The van der Waals surface area contributed by atoms with E-state index in [-0.39, 0.29) is 22.0 Å². The number of alkyl halides is 3. The summed E-state index contributed by atoms with van der Waals surface area (Å²) in [6, 6.07) is 10.6. The molecule has 0 saturated carbocycles. The van der Waals surface area contributed by atoms with Gasteiger partial charge in [0.1, 0.15) is 5.75 Å². The Labute approximate surface area is 150 Å². The number of amides is 1. The first-order valence-corrected chi connectivity index (χ1v) is 7.76. The summed E-state index contributed by atoms with van der Waals surface area (Å²) in [6.45, 7) is 0. The molecule has 1 atom stereocenters. The Kier molecular flexibility index (Phi) is 4.41. The largest absolute Gasteiger partial charge is 0.508 e. The molecule has 5 nitrogen and oxygen atoms in total. The number of benzene rings is 2. The molecule has 1 aliphatic heterocycles. The van der Waals surface area contributed by atoms with E-state index in [0.717, 1.165) is 6.07 Å². The Balaban J connectivity index is 2.05. The number of halogens is 4. The number of aliphatic hydroxyl groups is 1. The van der Waals surface area contributed by atoms with Gasteiger partial charge in [0.15, 0.2) is 0 Å². The maximum Gasteiger partial charge on any atom is 0.438 e. The molecule has 0 saturated heterocycles. The summed E-state index contributed by atoms with van der Waals surface area (Å²) in [6.07, 6.45) is -6.07. The van der Waals surface area contributed by atoms with Gasteiger partial charge in [-0.1, -0.05) is 29.8 Å². The number of hydrogen-bond acceptors (Lipinski definition) is 4. The van der Waals surface area contributed by atoms with Crippen LogP contribution in [0.25, 0.3) is 0 Å². The van der Waals surface area contributed by atoms with Gasteiger partial charge >= 0.3 is 6.18 Å². The van der Waals surface area contributed by atoms with Crippen molar-refractivity contribution in [1.82, 2.24) is 5.01 Å². The lowest BCUT2D eigenvalue weighted by molar-refractivity contribution is -0.297. The highest BCUT2D eigenvalue weighted by atomic mass is 35.5. The predicted octanol–water partition coefficient (Wildman–Crippen LogP) is 3.55. The highest BCUT2D eigenvalue weighted by Crippen LogP contribution is 2.42. The van der Waals surface area contributed by atoms with Crippen molar-refractivity contribution < 1.29 is 28.2 Å². The molecule has 0 bridgehead atoms. The second-order valence-corrected chi connectivity index (χ2v) is 6.15. The van der Waals surface area contributed by atoms with Gasteiger partial charge in [0.25, 0.3) is 11.6 Å². The zero-order valence-electron chi connectivity index (χ0n) is 13.0. The van der Waals surface area contributed by atoms with E-state index < -0.39 is 24.2 Å². The summed E-state index contributed by atoms with van der Waals surface area (Å²) >= 11 is 5.76. The van der Waals surface area contributed by atoms with E-state index in [1.807, 2.05) is 0 Å². The number of nitrogens with zero attached hydrogens (tertiary/aromatic N) is 2. The minimum Gasteiger partial charge on any atom is -0.508 e. The van der Waals surface area contributed by atoms with Crippen molar-refractivity contribution in [2.75, 3.05) is 0 Å². The van der Waals surface area contributed by atoms with Crippen LogP contribution in [-0.4, -0.2) is 38.7 Å². The summed E-state index contributed by atoms with van der Waals surface area (Å²) in [5, 5.41) is 23.8. The van der Waals surface area contributed by atoms with Gasteiger partial charge in [0, 0.05) is 10.6 Å². The summed E-state index contributed by atoms with van der Waals surface area (Å²) < 4.78 is 40.5. The maximum atomic E-state index is 13.5. The lowest BCUT2D eigenvalue weighted by atomic mass is 10.0. The molecule has 1 heterocycles. The van der Waals surface area contributed by atoms with Crippen LogP contribution < -0.4 is 0 Å². The van der Waals surface area contributed by atoms with E-state index in [0.29, 0.717) is 10.6 Å². The molecular weight excluding hydrogens is 373 g/mol. The third kappa shape index (κ3) is 3.13. The van der Waals surface area contributed by atoms with E-state index >= 15 is 0 Å². The number of carbonyl (C=O) groups excluding carboxylic acids is 1. The van der Waals surface area contributed by atoms with E-state index in [4.69, 9.17) is 11.6 Å². The molecule has 26 heavy (non-hydrogen) atoms. The summed E-state index contributed by atoms with van der Waals surface area (Å²) in [4.78, 5) is 12.5. The van der Waals surface area contributed by atoms with Crippen molar-refractivity contribution in [2.45, 2.75) is 18.3 Å². The molecule has 2 aromatic rings. The minimum atomic E-state index is -5.14. The fourth-order valence-corrected chi connectivity index (χ4v) is 2.67. The number of carbonyl (C=O) groups is 1. The molecule has 1 aliphatic rings. The van der Waals surface area contributed by atoms with Gasteiger partial charge in [0.2, 0.25) is 0 Å². The zero-order valence-corrected chi connectivity index (χ0v) is 13.8. The molecule has 9 heteroatoms. The quantitative estimate of drug-likeness (QED) is 0.831. The number of aromatic hydroxyl groups is 1. The van der Waals surface area contributed by atoms with Crippen LogP contribution in [0.4, 0.5) is 13.2 Å². The molecule has 2 N–H and O–H groups in total. The average molecular weight is 385 g/mol. The summed E-state index contributed by atoms with van der Waals surface area (Å²) in [5.74, 6) is -1.49. The van der Waals surface area contributed by atoms with Crippen LogP contribution in [0.1, 0.15) is 22.3 Å². The lowest BCUT2D eigenvalue weighted by Crippen LogP contribution is -2.56. The molecule has 0 aliphatic carbocycles. The highest BCUT2D eigenvalue weighted by Gasteiger charge is 2.63. The van der Waals surface area contributed by atoms with E-state index in [2.05, 4.69) is 5.10 Å². The van der Waals surface area contributed by atoms with E-state index in [1.165, 1.54) is 42.5 Å². The van der Waals surface area contributed by atoms with Crippen LogP contribution in [0.15, 0.2) is 53.6 Å². The zero-order chi connectivity index (χ0) is 19.1. The fourth-order valence-electron chi connectivity index (χ4n) is 2.54. The average Bonchev–Trinajstić information content (AvgIpc) is 2.94. The lowest BCUT2D eigenvalue weighted by Gasteiger charge is -2.32. The Bertz CT molecular complexity index is 884. The topological polar surface area (TPSA) is 73.1 Å². The van der Waals surface area contributed by atoms with Crippen LogP contribution >= 0.6 is 11.6 Å². The van der Waals surface area contributed by atoms with Crippen LogP contribution in [0, 0.1) is 0 Å². The molecular formula is C17H12ClF3N2O3. The third-order valence-electron chi connectivity index (χ3n) is 3.90. The highest BCUT2D eigenvalue weighted by molar-refractivity contribution is 6.30. The Morgan fingerprint density at radius 1 is 1.19 bits per heavy atom. The number of rotatable bonds is 2. The number of phenols is 1. The maximum absolute atomic E-state index is 13.5. The molecule has 1 unspecified atom stereocenters. The van der Waals surface area contributed by atoms with Crippen molar-refractivity contribution >= 4 is 23.2 Å². The smallest absolute Gasteiger partial charge is 0.438 e. The van der Waals surface area contributed by atoms with Crippen molar-refractivity contribution in [3.63, 3.8) is 0 Å². The number of hydrogen-bond donors (Lipinski definition) is 2. The van der Waals surface area contributed by atoms with Gasteiger partial charge < -0.3 is 10.2 Å². The molecule has 3 rings (SSSR count). The van der Waals surface area contributed by atoms with Gasteiger partial charge in [-0.3, -0.25) is 4.79 Å². The fraction of sp³-hybridized carbons (Fsp3) is 0.176. The Morgan fingerprint density at radius 2 is 1.85 bits per heavy atom. The van der Waals surface area contributed by atoms with Crippen molar-refractivity contribution in [2.24, 2.45) is 5.10 Å². The minimum absolute atomic E-state index is 0.00567. The first kappa shape index (κ1) is 18.2. The van der Waals surface area contributed by atoms with Crippen molar-refractivity contribution in [3.8, 4) is 5.75 Å². The van der Waals surface area contributed by atoms with E-state index in [9.17, 15) is 28.2 Å². The Hall–Kier alpha value is -2.58. The monoisotopic (exact) mass is 384 g/mol. The molecule has 136 valence electrons. The van der Waals surface area contributed by atoms with Gasteiger partial charge in [-0.2, -0.15) is 23.3 Å². The second-order valence-electron chi connectivity index (χ2n) is 5.71. The molecule has 1 amide bonds. The standard InChI is InChI=1S/C17H12ClF3N2O3/c18-12-6-4-10(5-7-12)14-9-16(26,17(19,20)21)23(22-14)15(25)11-2-1-3-13(24)8-11/h1-8,24,26H,9H2. The Morgan fingerprint density at radius 3 is 2.42 bits per heavy atom. The van der Waals surface area contributed by atoms with Gasteiger partial charge in [-0.05, 0) is 35.9 Å². The second kappa shape index (κ2) is 6.30. The summed E-state index contributed by atoms with van der Waals surface area (Å²) in [7, 11) is 0. The van der Waals surface area contributed by atoms with Gasteiger partial charge in [-0.15, -0.1) is 0 Å². The first-order chi connectivity index (χ1) is 12.1. The molecule has 0 aromatic heterocycles. The van der Waals surface area contributed by atoms with Gasteiger partial charge in [0.05, 0.1) is 12.1 Å². The first-order valence-electron chi connectivity index (χ1n) is 7.38. The summed E-state index contributed by atoms with van der Waals surface area (Å²) in [5.41, 5.74) is -3.56. The third-order valence-corrected chi connectivity index (χ3v) is 4.15. The molecule has 2 aromatic carbocycles. The van der Waals surface area contributed by atoms with Crippen molar-refractivity contribution in [1.29, 1.82) is 0 Å². The normalized spacial score (nSPS) is 20.2. The molecule has 0 radical (unpaired) electrons. The van der Waals surface area contributed by atoms with Crippen LogP contribution in [0.2, 0.25) is 5.02 Å². The van der Waals surface area contributed by atoms with Crippen LogP contribution in [0.3, 0.4) is 0 Å². The van der Waals surface area contributed by atoms with Crippen LogP contribution in [0.5, 0.6) is 5.75 Å². The van der Waals surface area contributed by atoms with Gasteiger partial charge in [-0.25, -0.2) is 0 Å². The van der Waals surface area contributed by atoms with Crippen molar-refractivity contribution in [3.05, 3.63) is 64.7 Å². The number of hydrazone groups is 1. The molecule has 0 fully saturated rings.